The van der Waals surface area contributed by atoms with Crippen LogP contribution in [0.25, 0.3) is 0 Å². The summed E-state index contributed by atoms with van der Waals surface area (Å²) in [6, 6.07) is 1.53. The molecule has 1 saturated heterocycles. The molecule has 1 aliphatic heterocycles. The number of sulfonamides is 1. The van der Waals surface area contributed by atoms with Crippen LogP contribution in [0.2, 0.25) is 0 Å². The monoisotopic (exact) mass is 291 g/mol. The molecule has 7 heteroatoms. The van der Waals surface area contributed by atoms with Gasteiger partial charge in [0.15, 0.2) is 0 Å². The van der Waals surface area contributed by atoms with Crippen molar-refractivity contribution in [1.29, 1.82) is 0 Å². The molecule has 0 amide bonds. The molecule has 0 atom stereocenters. The Morgan fingerprint density at radius 1 is 1.56 bits per heavy atom. The van der Waals surface area contributed by atoms with Crippen molar-refractivity contribution in [2.75, 3.05) is 19.8 Å². The van der Waals surface area contributed by atoms with Gasteiger partial charge in [0, 0.05) is 6.54 Å². The molecule has 5 nitrogen and oxygen atoms in total. The fourth-order valence-corrected chi connectivity index (χ4v) is 5.04. The molecule has 1 aliphatic rings. The Morgan fingerprint density at radius 3 is 2.83 bits per heavy atom. The van der Waals surface area contributed by atoms with Crippen molar-refractivity contribution in [2.24, 2.45) is 0 Å². The number of aliphatic hydroxyl groups is 1. The van der Waals surface area contributed by atoms with E-state index in [0.29, 0.717) is 25.3 Å². The summed E-state index contributed by atoms with van der Waals surface area (Å²) in [6.45, 7) is 4.74. The van der Waals surface area contributed by atoms with E-state index in [-0.39, 0.29) is 10.8 Å². The Bertz CT molecular complexity index is 521. The maximum atomic E-state index is 12.5. The molecule has 1 aromatic heterocycles. The highest BCUT2D eigenvalue weighted by atomic mass is 32.2. The summed E-state index contributed by atoms with van der Waals surface area (Å²) in [7, 11) is -3.50. The Hall–Kier alpha value is -0.470. The fourth-order valence-electron chi connectivity index (χ4n) is 1.97. The van der Waals surface area contributed by atoms with E-state index < -0.39 is 15.6 Å². The van der Waals surface area contributed by atoms with Crippen molar-refractivity contribution in [1.82, 2.24) is 4.31 Å². The first-order valence-corrected chi connectivity index (χ1v) is 7.99. The smallest absolute Gasteiger partial charge is 0.253 e. The minimum absolute atomic E-state index is 0.140. The van der Waals surface area contributed by atoms with Gasteiger partial charge in [-0.05, 0) is 30.9 Å². The number of nitrogens with zero attached hydrogens (tertiary/aromatic N) is 1. The van der Waals surface area contributed by atoms with Gasteiger partial charge in [-0.3, -0.25) is 0 Å². The molecule has 102 valence electrons. The van der Waals surface area contributed by atoms with Crippen LogP contribution in [0.4, 0.5) is 0 Å². The first kappa shape index (κ1) is 14.0. The quantitative estimate of drug-likeness (QED) is 0.903. The van der Waals surface area contributed by atoms with E-state index in [2.05, 4.69) is 0 Å². The molecule has 0 saturated carbocycles. The lowest BCUT2D eigenvalue weighted by molar-refractivity contribution is -0.00761. The Morgan fingerprint density at radius 2 is 2.28 bits per heavy atom. The highest BCUT2D eigenvalue weighted by Gasteiger charge is 2.40. The van der Waals surface area contributed by atoms with Crippen LogP contribution < -0.4 is 0 Å². The highest BCUT2D eigenvalue weighted by Crippen LogP contribution is 2.30. The predicted octanol–water partition coefficient (Wildman–Crippen LogP) is 1.04. The minimum atomic E-state index is -3.50. The van der Waals surface area contributed by atoms with E-state index in [1.807, 2.05) is 13.8 Å². The molecule has 0 radical (unpaired) electrons. The van der Waals surface area contributed by atoms with Crippen LogP contribution in [0.3, 0.4) is 0 Å². The van der Waals surface area contributed by atoms with E-state index >= 15 is 0 Å². The van der Waals surface area contributed by atoms with Crippen molar-refractivity contribution >= 4 is 21.4 Å². The molecule has 1 fully saturated rings. The summed E-state index contributed by atoms with van der Waals surface area (Å²) in [5.41, 5.74) is 0.0881. The van der Waals surface area contributed by atoms with Crippen LogP contribution in [0.1, 0.15) is 19.4 Å². The van der Waals surface area contributed by atoms with E-state index in [9.17, 15) is 8.42 Å². The molecule has 0 unspecified atom stereocenters. The summed E-state index contributed by atoms with van der Waals surface area (Å²) in [5.74, 6) is 0. The van der Waals surface area contributed by atoms with Crippen LogP contribution in [-0.4, -0.2) is 43.1 Å². The molecular formula is C11H17NO4S2. The van der Waals surface area contributed by atoms with Crippen molar-refractivity contribution in [2.45, 2.75) is 30.2 Å². The van der Waals surface area contributed by atoms with Crippen molar-refractivity contribution in [3.05, 3.63) is 17.0 Å². The maximum absolute atomic E-state index is 12.5. The zero-order valence-corrected chi connectivity index (χ0v) is 12.1. The van der Waals surface area contributed by atoms with Crippen LogP contribution in [0.15, 0.2) is 15.7 Å². The van der Waals surface area contributed by atoms with Crippen molar-refractivity contribution in [3.8, 4) is 0 Å². The Balaban J connectivity index is 2.35. The Kier molecular flexibility index (Phi) is 3.80. The molecule has 0 bridgehead atoms. The summed E-state index contributed by atoms with van der Waals surface area (Å²) < 4.78 is 32.2. The van der Waals surface area contributed by atoms with Gasteiger partial charge in [0.25, 0.3) is 10.0 Å². The second-order valence-electron chi connectivity index (χ2n) is 4.87. The van der Waals surface area contributed by atoms with E-state index in [1.54, 1.807) is 5.38 Å². The molecule has 0 spiro atoms. The van der Waals surface area contributed by atoms with Gasteiger partial charge in [-0.2, -0.15) is 4.31 Å². The lowest BCUT2D eigenvalue weighted by atomic mass is 10.1. The first-order chi connectivity index (χ1) is 8.38. The van der Waals surface area contributed by atoms with E-state index in [0.717, 1.165) is 11.3 Å². The van der Waals surface area contributed by atoms with Gasteiger partial charge in [-0.15, -0.1) is 11.3 Å². The second-order valence-corrected chi connectivity index (χ2v) is 7.87. The second kappa shape index (κ2) is 4.90. The average Bonchev–Trinajstić information content (AvgIpc) is 2.77. The number of hydrogen-bond acceptors (Lipinski definition) is 5. The van der Waals surface area contributed by atoms with Gasteiger partial charge in [-0.25, -0.2) is 8.42 Å². The van der Waals surface area contributed by atoms with Gasteiger partial charge in [-0.1, -0.05) is 0 Å². The van der Waals surface area contributed by atoms with Crippen LogP contribution in [0.5, 0.6) is 0 Å². The summed E-state index contributed by atoms with van der Waals surface area (Å²) in [6.07, 6.45) is 0. The van der Waals surface area contributed by atoms with Gasteiger partial charge in [0.2, 0.25) is 0 Å². The number of hydrogen-bond donors (Lipinski definition) is 1. The summed E-state index contributed by atoms with van der Waals surface area (Å²) >= 11 is 1.15. The van der Waals surface area contributed by atoms with E-state index in [4.69, 9.17) is 9.84 Å². The maximum Gasteiger partial charge on any atom is 0.253 e. The number of ether oxygens (including phenoxy) is 1. The number of aliphatic hydroxyl groups excluding tert-OH is 1. The molecule has 0 aliphatic carbocycles. The predicted molar refractivity (Wildman–Crippen MR) is 69.0 cm³/mol. The molecule has 2 heterocycles. The van der Waals surface area contributed by atoms with Crippen molar-refractivity contribution in [3.63, 3.8) is 0 Å². The number of rotatable bonds is 3. The van der Waals surface area contributed by atoms with E-state index in [1.165, 1.54) is 10.4 Å². The largest absolute Gasteiger partial charge is 0.392 e. The van der Waals surface area contributed by atoms with Crippen LogP contribution >= 0.6 is 11.3 Å². The van der Waals surface area contributed by atoms with Crippen molar-refractivity contribution < 1.29 is 18.3 Å². The zero-order chi connectivity index (χ0) is 13.4. The number of thiophene rings is 1. The van der Waals surface area contributed by atoms with Gasteiger partial charge < -0.3 is 9.84 Å². The standard InChI is InChI=1S/C11H17NO4S2/c1-11(2)8-16-4-3-12(11)18(14,15)10-5-9(6-13)7-17-10/h5,7,13H,3-4,6,8H2,1-2H3. The fraction of sp³-hybridized carbons (Fsp3) is 0.636. The number of morpholine rings is 1. The van der Waals surface area contributed by atoms with Gasteiger partial charge in [0.05, 0.1) is 25.4 Å². The third-order valence-electron chi connectivity index (χ3n) is 2.93. The molecule has 0 aromatic carbocycles. The average molecular weight is 291 g/mol. The van der Waals surface area contributed by atoms with Crippen LogP contribution in [0, 0.1) is 0 Å². The first-order valence-electron chi connectivity index (χ1n) is 5.67. The molecular weight excluding hydrogens is 274 g/mol. The lowest BCUT2D eigenvalue weighted by Crippen LogP contribution is -2.55. The van der Waals surface area contributed by atoms with Gasteiger partial charge >= 0.3 is 0 Å². The summed E-state index contributed by atoms with van der Waals surface area (Å²) in [4.78, 5) is 0. The summed E-state index contributed by atoms with van der Waals surface area (Å²) in [5, 5.41) is 10.7. The topological polar surface area (TPSA) is 66.8 Å². The zero-order valence-electron chi connectivity index (χ0n) is 10.4. The SMILES string of the molecule is CC1(C)COCCN1S(=O)(=O)c1cc(CO)cs1. The minimum Gasteiger partial charge on any atom is -0.392 e. The normalized spacial score (nSPS) is 21.1. The van der Waals surface area contributed by atoms with Crippen LogP contribution in [-0.2, 0) is 21.4 Å². The molecule has 18 heavy (non-hydrogen) atoms. The molecule has 1 N–H and O–H groups in total. The molecule has 1 aromatic rings. The highest BCUT2D eigenvalue weighted by molar-refractivity contribution is 7.91. The third-order valence-corrected chi connectivity index (χ3v) is 6.50. The van der Waals surface area contributed by atoms with Gasteiger partial charge in [0.1, 0.15) is 4.21 Å². The third kappa shape index (κ3) is 2.46. The Labute approximate surface area is 111 Å². The lowest BCUT2D eigenvalue weighted by Gasteiger charge is -2.40. The molecule has 2 rings (SSSR count).